The molecule has 16 heavy (non-hydrogen) atoms. The first kappa shape index (κ1) is 10.2. The molecule has 0 radical (unpaired) electrons. The van der Waals surface area contributed by atoms with Gasteiger partial charge in [-0.05, 0) is 49.7 Å². The molecule has 0 aromatic heterocycles. The van der Waals surface area contributed by atoms with Crippen LogP contribution < -0.4 is 10.5 Å². The quantitative estimate of drug-likeness (QED) is 0.826. The molecule has 86 valence electrons. The second-order valence-electron chi connectivity index (χ2n) is 5.15. The largest absolute Gasteiger partial charge is 0.496 e. The van der Waals surface area contributed by atoms with E-state index >= 15 is 0 Å². The van der Waals surface area contributed by atoms with Gasteiger partial charge in [-0.1, -0.05) is 12.1 Å². The molecule has 0 saturated heterocycles. The van der Waals surface area contributed by atoms with Crippen LogP contribution in [0.2, 0.25) is 0 Å². The van der Waals surface area contributed by atoms with Crippen molar-refractivity contribution in [2.75, 3.05) is 7.11 Å². The molecule has 0 heterocycles. The highest BCUT2D eigenvalue weighted by Crippen LogP contribution is 2.45. The van der Waals surface area contributed by atoms with Gasteiger partial charge >= 0.3 is 0 Å². The fourth-order valence-electron chi connectivity index (χ4n) is 3.08. The molecule has 1 aromatic carbocycles. The molecule has 2 aliphatic carbocycles. The molecular formula is C14H19NO. The molecule has 2 heteroatoms. The van der Waals surface area contributed by atoms with Gasteiger partial charge in [0.15, 0.2) is 0 Å². The molecule has 1 aromatic rings. The van der Waals surface area contributed by atoms with Crippen LogP contribution in [0.5, 0.6) is 5.75 Å². The molecule has 2 nitrogen and oxygen atoms in total. The summed E-state index contributed by atoms with van der Waals surface area (Å²) in [6, 6.07) is 4.45. The van der Waals surface area contributed by atoms with Crippen LogP contribution in [0, 0.1) is 0 Å². The lowest BCUT2D eigenvalue weighted by atomic mass is 9.72. The highest BCUT2D eigenvalue weighted by atomic mass is 16.5. The van der Waals surface area contributed by atoms with E-state index in [1.54, 1.807) is 7.11 Å². The van der Waals surface area contributed by atoms with E-state index in [0.717, 1.165) is 25.0 Å². The van der Waals surface area contributed by atoms with Crippen molar-refractivity contribution < 1.29 is 4.74 Å². The van der Waals surface area contributed by atoms with E-state index in [1.807, 2.05) is 0 Å². The molecule has 1 fully saturated rings. The molecule has 0 atom stereocenters. The third-order valence-corrected chi connectivity index (χ3v) is 4.22. The van der Waals surface area contributed by atoms with Crippen LogP contribution in [0.15, 0.2) is 12.1 Å². The predicted octanol–water partition coefficient (Wildman–Crippen LogP) is 2.52. The minimum atomic E-state index is -0.108. The van der Waals surface area contributed by atoms with Gasteiger partial charge in [0.25, 0.3) is 0 Å². The molecule has 2 aliphatic rings. The number of benzene rings is 1. The maximum atomic E-state index is 6.41. The van der Waals surface area contributed by atoms with Gasteiger partial charge < -0.3 is 10.5 Å². The first-order valence-electron chi connectivity index (χ1n) is 6.23. The zero-order valence-corrected chi connectivity index (χ0v) is 9.88. The smallest absolute Gasteiger partial charge is 0.127 e. The van der Waals surface area contributed by atoms with Crippen molar-refractivity contribution in [3.63, 3.8) is 0 Å². The molecule has 0 aliphatic heterocycles. The number of aryl methyl sites for hydroxylation is 1. The summed E-state index contributed by atoms with van der Waals surface area (Å²) in [5, 5.41) is 0. The lowest BCUT2D eigenvalue weighted by Crippen LogP contribution is -2.43. The van der Waals surface area contributed by atoms with E-state index in [9.17, 15) is 0 Å². The first-order valence-corrected chi connectivity index (χ1v) is 6.23. The first-order chi connectivity index (χ1) is 7.74. The fourth-order valence-corrected chi connectivity index (χ4v) is 3.08. The minimum absolute atomic E-state index is 0.108. The Hall–Kier alpha value is -1.02. The van der Waals surface area contributed by atoms with E-state index in [0.29, 0.717) is 0 Å². The van der Waals surface area contributed by atoms with Gasteiger partial charge in [0, 0.05) is 11.1 Å². The second-order valence-corrected chi connectivity index (χ2v) is 5.15. The Morgan fingerprint density at radius 2 is 2.00 bits per heavy atom. The standard InChI is InChI=1S/C14H19NO/c1-16-13-11-5-2-4-10(11)6-7-12(13)14(15)8-3-9-14/h6-7H,2-5,8-9,15H2,1H3. The van der Waals surface area contributed by atoms with Crippen molar-refractivity contribution in [3.8, 4) is 5.75 Å². The van der Waals surface area contributed by atoms with Gasteiger partial charge in [0.1, 0.15) is 5.75 Å². The predicted molar refractivity (Wildman–Crippen MR) is 64.7 cm³/mol. The van der Waals surface area contributed by atoms with E-state index in [1.165, 1.54) is 36.0 Å². The highest BCUT2D eigenvalue weighted by molar-refractivity contribution is 5.52. The maximum Gasteiger partial charge on any atom is 0.127 e. The molecular weight excluding hydrogens is 198 g/mol. The summed E-state index contributed by atoms with van der Waals surface area (Å²) in [6.45, 7) is 0. The van der Waals surface area contributed by atoms with Crippen LogP contribution in [0.3, 0.4) is 0 Å². The number of methoxy groups -OCH3 is 1. The summed E-state index contributed by atoms with van der Waals surface area (Å²) in [6.07, 6.45) is 7.06. The average molecular weight is 217 g/mol. The van der Waals surface area contributed by atoms with Crippen LogP contribution in [0.1, 0.15) is 42.4 Å². The number of ether oxygens (including phenoxy) is 1. The highest BCUT2D eigenvalue weighted by Gasteiger charge is 2.38. The maximum absolute atomic E-state index is 6.41. The molecule has 0 amide bonds. The van der Waals surface area contributed by atoms with Crippen molar-refractivity contribution >= 4 is 0 Å². The summed E-state index contributed by atoms with van der Waals surface area (Å²) < 4.78 is 5.63. The average Bonchev–Trinajstić information content (AvgIpc) is 2.72. The lowest BCUT2D eigenvalue weighted by molar-refractivity contribution is 0.243. The molecule has 1 saturated carbocycles. The zero-order valence-electron chi connectivity index (χ0n) is 9.88. The Balaban J connectivity index is 2.11. The third kappa shape index (κ3) is 1.29. The van der Waals surface area contributed by atoms with Crippen LogP contribution in [0.4, 0.5) is 0 Å². The molecule has 0 bridgehead atoms. The third-order valence-electron chi connectivity index (χ3n) is 4.22. The molecule has 0 unspecified atom stereocenters. The molecule has 3 rings (SSSR count). The van der Waals surface area contributed by atoms with Crippen molar-refractivity contribution in [3.05, 3.63) is 28.8 Å². The normalized spacial score (nSPS) is 21.4. The van der Waals surface area contributed by atoms with Crippen molar-refractivity contribution in [2.24, 2.45) is 5.73 Å². The van der Waals surface area contributed by atoms with Gasteiger partial charge in [-0.2, -0.15) is 0 Å². The van der Waals surface area contributed by atoms with Gasteiger partial charge in [-0.3, -0.25) is 0 Å². The zero-order chi connectivity index (χ0) is 11.2. The van der Waals surface area contributed by atoms with Gasteiger partial charge in [0.2, 0.25) is 0 Å². The van der Waals surface area contributed by atoms with Crippen LogP contribution in [-0.2, 0) is 18.4 Å². The monoisotopic (exact) mass is 217 g/mol. The second kappa shape index (κ2) is 3.49. The SMILES string of the molecule is COc1c(C2(N)CCC2)ccc2c1CCC2. The Bertz CT molecular complexity index is 421. The van der Waals surface area contributed by atoms with Crippen molar-refractivity contribution in [1.82, 2.24) is 0 Å². The van der Waals surface area contributed by atoms with E-state index in [4.69, 9.17) is 10.5 Å². The number of nitrogens with two attached hydrogens (primary N) is 1. The topological polar surface area (TPSA) is 35.2 Å². The summed E-state index contributed by atoms with van der Waals surface area (Å²) in [7, 11) is 1.78. The number of rotatable bonds is 2. The summed E-state index contributed by atoms with van der Waals surface area (Å²) >= 11 is 0. The summed E-state index contributed by atoms with van der Waals surface area (Å²) in [4.78, 5) is 0. The number of fused-ring (bicyclic) bond motifs is 1. The summed E-state index contributed by atoms with van der Waals surface area (Å²) in [5.74, 6) is 1.08. The van der Waals surface area contributed by atoms with E-state index in [-0.39, 0.29) is 5.54 Å². The van der Waals surface area contributed by atoms with Crippen LogP contribution in [-0.4, -0.2) is 7.11 Å². The Morgan fingerprint density at radius 1 is 1.19 bits per heavy atom. The van der Waals surface area contributed by atoms with Crippen molar-refractivity contribution in [2.45, 2.75) is 44.1 Å². The van der Waals surface area contributed by atoms with Crippen LogP contribution >= 0.6 is 0 Å². The van der Waals surface area contributed by atoms with Gasteiger partial charge in [-0.15, -0.1) is 0 Å². The fraction of sp³-hybridized carbons (Fsp3) is 0.571. The summed E-state index contributed by atoms with van der Waals surface area (Å²) in [5.41, 5.74) is 10.4. The molecule has 2 N–H and O–H groups in total. The molecule has 0 spiro atoms. The Labute approximate surface area is 96.8 Å². The number of hydrogen-bond donors (Lipinski definition) is 1. The van der Waals surface area contributed by atoms with Gasteiger partial charge in [0.05, 0.1) is 7.11 Å². The van der Waals surface area contributed by atoms with E-state index < -0.39 is 0 Å². The minimum Gasteiger partial charge on any atom is -0.496 e. The Morgan fingerprint density at radius 3 is 2.62 bits per heavy atom. The Kier molecular flexibility index (Phi) is 2.21. The van der Waals surface area contributed by atoms with Crippen LogP contribution in [0.25, 0.3) is 0 Å². The van der Waals surface area contributed by atoms with E-state index in [2.05, 4.69) is 12.1 Å². The van der Waals surface area contributed by atoms with Crippen molar-refractivity contribution in [1.29, 1.82) is 0 Å². The lowest BCUT2D eigenvalue weighted by Gasteiger charge is -2.39. The number of hydrogen-bond acceptors (Lipinski definition) is 2. The van der Waals surface area contributed by atoms with Gasteiger partial charge in [-0.25, -0.2) is 0 Å².